The molecule has 4 N–H and O–H groups in total. The predicted octanol–water partition coefficient (Wildman–Crippen LogP) is 3.74. The molecule has 0 atom stereocenters. The maximum absolute atomic E-state index is 12.0. The van der Waals surface area contributed by atoms with E-state index >= 15 is 0 Å². The van der Waals surface area contributed by atoms with Crippen LogP contribution in [-0.4, -0.2) is 47.2 Å². The van der Waals surface area contributed by atoms with E-state index in [0.29, 0.717) is 42.1 Å². The molecule has 11 nitrogen and oxygen atoms in total. The number of nitrogens with one attached hydrogen (secondary N) is 4. The fourth-order valence-corrected chi connectivity index (χ4v) is 3.50. The first-order chi connectivity index (χ1) is 16.1. The number of hydrogen-bond acceptors (Lipinski definition) is 8. The number of H-pyrrole nitrogens is 1. The number of halogens is 1. The van der Waals surface area contributed by atoms with E-state index in [1.807, 2.05) is 24.4 Å². The SMILES string of the molecule is O=C(CCCCNc1nc(Nc2cc(C3CC3)[nH]n2)c2cccn2n1)Nc1ncc(Cl)cn1. The Balaban J connectivity index is 1.13. The molecule has 4 aromatic heterocycles. The first-order valence-corrected chi connectivity index (χ1v) is 11.2. The van der Waals surface area contributed by atoms with E-state index in [-0.39, 0.29) is 11.9 Å². The molecule has 1 aliphatic carbocycles. The maximum Gasteiger partial charge on any atom is 0.243 e. The number of hydrogen-bond donors (Lipinski definition) is 4. The predicted molar refractivity (Wildman–Crippen MR) is 125 cm³/mol. The van der Waals surface area contributed by atoms with Crippen molar-refractivity contribution < 1.29 is 4.79 Å². The molecule has 0 aliphatic heterocycles. The smallest absolute Gasteiger partial charge is 0.243 e. The van der Waals surface area contributed by atoms with Gasteiger partial charge < -0.3 is 10.6 Å². The van der Waals surface area contributed by atoms with Crippen LogP contribution in [0.5, 0.6) is 0 Å². The van der Waals surface area contributed by atoms with Crippen molar-refractivity contribution in [2.24, 2.45) is 0 Å². The number of carbonyl (C=O) groups excluding carboxylic acids is 1. The molecule has 0 aromatic carbocycles. The summed E-state index contributed by atoms with van der Waals surface area (Å²) in [7, 11) is 0. The van der Waals surface area contributed by atoms with E-state index in [0.717, 1.165) is 23.4 Å². The Morgan fingerprint density at radius 1 is 1.21 bits per heavy atom. The van der Waals surface area contributed by atoms with Crippen LogP contribution in [0.3, 0.4) is 0 Å². The Morgan fingerprint density at radius 2 is 2.06 bits per heavy atom. The van der Waals surface area contributed by atoms with Crippen LogP contribution in [0.4, 0.5) is 23.5 Å². The van der Waals surface area contributed by atoms with Gasteiger partial charge in [0.2, 0.25) is 17.8 Å². The Labute approximate surface area is 194 Å². The fourth-order valence-electron chi connectivity index (χ4n) is 3.40. The molecule has 0 radical (unpaired) electrons. The van der Waals surface area contributed by atoms with Gasteiger partial charge in [0.05, 0.1) is 17.4 Å². The molecule has 0 saturated heterocycles. The van der Waals surface area contributed by atoms with Crippen molar-refractivity contribution in [2.75, 3.05) is 22.5 Å². The molecular formula is C21H23ClN10O. The highest BCUT2D eigenvalue weighted by Gasteiger charge is 2.25. The summed E-state index contributed by atoms with van der Waals surface area (Å²) in [6, 6.07) is 5.90. The summed E-state index contributed by atoms with van der Waals surface area (Å²) in [5, 5.41) is 21.5. The van der Waals surface area contributed by atoms with E-state index in [4.69, 9.17) is 11.6 Å². The third-order valence-electron chi connectivity index (χ3n) is 5.24. The van der Waals surface area contributed by atoms with Gasteiger partial charge in [0.1, 0.15) is 5.52 Å². The van der Waals surface area contributed by atoms with Gasteiger partial charge in [-0.3, -0.25) is 15.2 Å². The highest BCUT2D eigenvalue weighted by Crippen LogP contribution is 2.39. The lowest BCUT2D eigenvalue weighted by Crippen LogP contribution is -2.14. The molecule has 1 fully saturated rings. The largest absolute Gasteiger partial charge is 0.353 e. The highest BCUT2D eigenvalue weighted by molar-refractivity contribution is 6.30. The van der Waals surface area contributed by atoms with Crippen LogP contribution in [0.1, 0.15) is 43.7 Å². The van der Waals surface area contributed by atoms with E-state index in [1.165, 1.54) is 25.2 Å². The van der Waals surface area contributed by atoms with Crippen molar-refractivity contribution in [2.45, 2.75) is 38.0 Å². The maximum atomic E-state index is 12.0. The highest BCUT2D eigenvalue weighted by atomic mass is 35.5. The van der Waals surface area contributed by atoms with Crippen LogP contribution < -0.4 is 16.0 Å². The lowest BCUT2D eigenvalue weighted by atomic mass is 10.2. The number of carbonyl (C=O) groups is 1. The van der Waals surface area contributed by atoms with Gasteiger partial charge in [-0.1, -0.05) is 11.6 Å². The molecule has 0 bridgehead atoms. The number of rotatable bonds is 10. The first kappa shape index (κ1) is 21.1. The molecular weight excluding hydrogens is 444 g/mol. The molecule has 1 aliphatic rings. The molecule has 1 saturated carbocycles. The summed E-state index contributed by atoms with van der Waals surface area (Å²) < 4.78 is 1.77. The molecule has 33 heavy (non-hydrogen) atoms. The van der Waals surface area contributed by atoms with Gasteiger partial charge in [0, 0.05) is 36.8 Å². The standard InChI is InChI=1S/C21H23ClN10O/c22-14-11-24-20(25-12-14)27-18(33)5-1-2-8-23-21-28-19(16-4-3-9-32(16)31-21)26-17-10-15(29-30-17)13-6-7-13/h3-4,9-13H,1-2,5-8H2,(H,24,25,27,33)(H3,23,26,28,29,30,31). The molecule has 0 unspecified atom stereocenters. The molecule has 1 amide bonds. The van der Waals surface area contributed by atoms with Crippen molar-refractivity contribution in [3.05, 3.63) is 47.5 Å². The lowest BCUT2D eigenvalue weighted by molar-refractivity contribution is -0.116. The minimum atomic E-state index is -0.140. The zero-order chi connectivity index (χ0) is 22.6. The Hall–Kier alpha value is -3.73. The second-order valence-corrected chi connectivity index (χ2v) is 8.32. The number of anilines is 4. The third-order valence-corrected chi connectivity index (χ3v) is 5.43. The van der Waals surface area contributed by atoms with Crippen molar-refractivity contribution in [3.8, 4) is 0 Å². The van der Waals surface area contributed by atoms with Crippen LogP contribution in [0.15, 0.2) is 36.8 Å². The van der Waals surface area contributed by atoms with E-state index < -0.39 is 0 Å². The first-order valence-electron chi connectivity index (χ1n) is 10.8. The Bertz CT molecular complexity index is 1250. The van der Waals surface area contributed by atoms with Crippen LogP contribution in [0.2, 0.25) is 5.02 Å². The van der Waals surface area contributed by atoms with Crippen LogP contribution in [-0.2, 0) is 4.79 Å². The van der Waals surface area contributed by atoms with Gasteiger partial charge in [0.15, 0.2) is 11.6 Å². The molecule has 5 rings (SSSR count). The van der Waals surface area contributed by atoms with Gasteiger partial charge >= 0.3 is 0 Å². The van der Waals surface area contributed by atoms with Crippen LogP contribution in [0.25, 0.3) is 5.52 Å². The average Bonchev–Trinajstić information content (AvgIpc) is 3.36. The minimum absolute atomic E-state index is 0.140. The molecule has 12 heteroatoms. The van der Waals surface area contributed by atoms with E-state index in [2.05, 4.69) is 46.2 Å². The van der Waals surface area contributed by atoms with Crippen molar-refractivity contribution in [3.63, 3.8) is 0 Å². The number of nitrogens with zero attached hydrogens (tertiary/aromatic N) is 6. The molecule has 4 aromatic rings. The average molecular weight is 467 g/mol. The van der Waals surface area contributed by atoms with Crippen LogP contribution >= 0.6 is 11.6 Å². The summed E-state index contributed by atoms with van der Waals surface area (Å²) in [6.07, 6.45) is 9.01. The van der Waals surface area contributed by atoms with Gasteiger partial charge in [-0.2, -0.15) is 10.1 Å². The third kappa shape index (κ3) is 5.37. The normalized spacial score (nSPS) is 13.2. The monoisotopic (exact) mass is 466 g/mol. The summed E-state index contributed by atoms with van der Waals surface area (Å²) in [4.78, 5) is 24.6. The Morgan fingerprint density at radius 3 is 2.88 bits per heavy atom. The van der Waals surface area contributed by atoms with Crippen LogP contribution in [0, 0.1) is 0 Å². The van der Waals surface area contributed by atoms with Gasteiger partial charge in [-0.15, -0.1) is 5.10 Å². The summed E-state index contributed by atoms with van der Waals surface area (Å²) >= 11 is 5.74. The topological polar surface area (TPSA) is 138 Å². The van der Waals surface area contributed by atoms with E-state index in [9.17, 15) is 4.79 Å². The Kier molecular flexibility index (Phi) is 6.03. The summed E-state index contributed by atoms with van der Waals surface area (Å²) in [6.45, 7) is 0.630. The summed E-state index contributed by atoms with van der Waals surface area (Å²) in [5.74, 6) is 2.62. The zero-order valence-corrected chi connectivity index (χ0v) is 18.5. The second-order valence-electron chi connectivity index (χ2n) is 7.89. The van der Waals surface area contributed by atoms with E-state index in [1.54, 1.807) is 4.52 Å². The quantitative estimate of drug-likeness (QED) is 0.259. The summed E-state index contributed by atoms with van der Waals surface area (Å²) in [5.41, 5.74) is 2.01. The lowest BCUT2D eigenvalue weighted by Gasteiger charge is -2.09. The number of unbranched alkanes of at least 4 members (excludes halogenated alkanes) is 1. The number of fused-ring (bicyclic) bond motifs is 1. The van der Waals surface area contributed by atoms with Gasteiger partial charge in [-0.25, -0.2) is 14.5 Å². The fraction of sp³-hybridized carbons (Fsp3) is 0.333. The molecule has 4 heterocycles. The minimum Gasteiger partial charge on any atom is -0.353 e. The van der Waals surface area contributed by atoms with Gasteiger partial charge in [-0.05, 0) is 37.8 Å². The van der Waals surface area contributed by atoms with Crippen molar-refractivity contribution >= 4 is 46.6 Å². The van der Waals surface area contributed by atoms with Crippen molar-refractivity contribution in [1.82, 2.24) is 34.8 Å². The van der Waals surface area contributed by atoms with Gasteiger partial charge in [0.25, 0.3) is 0 Å². The number of aromatic amines is 1. The van der Waals surface area contributed by atoms with Crippen molar-refractivity contribution in [1.29, 1.82) is 0 Å². The second kappa shape index (κ2) is 9.41. The number of amides is 1. The zero-order valence-electron chi connectivity index (χ0n) is 17.8. The molecule has 0 spiro atoms. The molecule has 170 valence electrons. The number of aromatic nitrogens is 7.